The van der Waals surface area contributed by atoms with Crippen molar-refractivity contribution in [2.75, 3.05) is 13.1 Å². The maximum Gasteiger partial charge on any atom is 0.0444 e. The van der Waals surface area contributed by atoms with Crippen LogP contribution in [-0.2, 0) is 6.42 Å². The molecule has 0 saturated carbocycles. The second-order valence-electron chi connectivity index (χ2n) is 4.20. The number of nitrogens with two attached hydrogens (primary N) is 1. The van der Waals surface area contributed by atoms with Crippen LogP contribution in [0.5, 0.6) is 0 Å². The van der Waals surface area contributed by atoms with Gasteiger partial charge in [-0.05, 0) is 37.4 Å². The Morgan fingerprint density at radius 1 is 1.29 bits per heavy atom. The van der Waals surface area contributed by atoms with Crippen LogP contribution in [0.2, 0.25) is 0 Å². The molecular weight excluding hydrogens is 208 g/mol. The van der Waals surface area contributed by atoms with Crippen LogP contribution in [0.4, 0.5) is 0 Å². The number of hydrogen-bond donors (Lipinski definition) is 2. The second kappa shape index (κ2) is 8.04. The molecule has 0 radical (unpaired) electrons. The molecule has 0 aliphatic heterocycles. The summed E-state index contributed by atoms with van der Waals surface area (Å²) < 4.78 is 0. The van der Waals surface area contributed by atoms with Gasteiger partial charge in [-0.1, -0.05) is 43.3 Å². The van der Waals surface area contributed by atoms with Crippen molar-refractivity contribution in [2.45, 2.75) is 32.7 Å². The molecule has 17 heavy (non-hydrogen) atoms. The smallest absolute Gasteiger partial charge is 0.0444 e. The molecule has 1 atom stereocenters. The van der Waals surface area contributed by atoms with Gasteiger partial charge < -0.3 is 11.1 Å². The monoisotopic (exact) mass is 232 g/mol. The topological polar surface area (TPSA) is 38.0 Å². The minimum absolute atomic E-state index is 0.270. The minimum Gasteiger partial charge on any atom is -0.329 e. The van der Waals surface area contributed by atoms with Crippen LogP contribution in [-0.4, -0.2) is 13.1 Å². The van der Waals surface area contributed by atoms with Gasteiger partial charge in [0.05, 0.1) is 0 Å². The largest absolute Gasteiger partial charge is 0.329 e. The van der Waals surface area contributed by atoms with E-state index >= 15 is 0 Å². The van der Waals surface area contributed by atoms with Crippen molar-refractivity contribution in [1.29, 1.82) is 0 Å². The highest BCUT2D eigenvalue weighted by atomic mass is 14.9. The van der Waals surface area contributed by atoms with E-state index in [9.17, 15) is 0 Å². The van der Waals surface area contributed by atoms with Gasteiger partial charge in [0.2, 0.25) is 0 Å². The van der Waals surface area contributed by atoms with Crippen LogP contribution in [0, 0.1) is 0 Å². The van der Waals surface area contributed by atoms with Crippen molar-refractivity contribution in [3.05, 3.63) is 47.5 Å². The van der Waals surface area contributed by atoms with Gasteiger partial charge in [0.1, 0.15) is 0 Å². The molecule has 0 heterocycles. The standard InChI is InChI=1S/C15H24N2/c1-3-5-6-11-17-15(12-16)14-9-7-13(4-2)8-10-14/h3,5,7-10,15,17H,4,6,11-12,16H2,1-2H3/b5-3+. The number of allylic oxidation sites excluding steroid dienone is 1. The van der Waals surface area contributed by atoms with Crippen LogP contribution < -0.4 is 11.1 Å². The summed E-state index contributed by atoms with van der Waals surface area (Å²) >= 11 is 0. The number of hydrogen-bond acceptors (Lipinski definition) is 2. The van der Waals surface area contributed by atoms with Crippen LogP contribution in [0.1, 0.15) is 37.4 Å². The van der Waals surface area contributed by atoms with E-state index in [2.05, 4.69) is 48.7 Å². The van der Waals surface area contributed by atoms with Crippen molar-refractivity contribution < 1.29 is 0 Å². The lowest BCUT2D eigenvalue weighted by atomic mass is 10.0. The van der Waals surface area contributed by atoms with Crippen LogP contribution in [0.25, 0.3) is 0 Å². The lowest BCUT2D eigenvalue weighted by Crippen LogP contribution is -2.28. The summed E-state index contributed by atoms with van der Waals surface area (Å²) in [5.41, 5.74) is 8.47. The molecule has 1 rings (SSSR count). The predicted molar refractivity (Wildman–Crippen MR) is 75.0 cm³/mol. The Kier molecular flexibility index (Phi) is 6.60. The van der Waals surface area contributed by atoms with Gasteiger partial charge in [0.25, 0.3) is 0 Å². The molecule has 1 unspecified atom stereocenters. The van der Waals surface area contributed by atoms with Gasteiger partial charge in [0, 0.05) is 12.6 Å². The van der Waals surface area contributed by atoms with E-state index in [0.717, 1.165) is 19.4 Å². The van der Waals surface area contributed by atoms with Crippen molar-refractivity contribution in [2.24, 2.45) is 5.73 Å². The van der Waals surface area contributed by atoms with Gasteiger partial charge in [-0.2, -0.15) is 0 Å². The third-order valence-electron chi connectivity index (χ3n) is 2.96. The average molecular weight is 232 g/mol. The number of rotatable bonds is 7. The van der Waals surface area contributed by atoms with Crippen LogP contribution >= 0.6 is 0 Å². The van der Waals surface area contributed by atoms with Crippen molar-refractivity contribution in [3.63, 3.8) is 0 Å². The first kappa shape index (κ1) is 13.9. The highest BCUT2D eigenvalue weighted by molar-refractivity contribution is 5.25. The molecule has 2 heteroatoms. The van der Waals surface area contributed by atoms with E-state index in [-0.39, 0.29) is 6.04 Å². The van der Waals surface area contributed by atoms with E-state index in [4.69, 9.17) is 5.73 Å². The summed E-state index contributed by atoms with van der Waals surface area (Å²) in [6.45, 7) is 5.83. The van der Waals surface area contributed by atoms with E-state index in [1.54, 1.807) is 0 Å². The number of nitrogens with one attached hydrogen (secondary N) is 1. The summed E-state index contributed by atoms with van der Waals surface area (Å²) in [6, 6.07) is 9.00. The fourth-order valence-electron chi connectivity index (χ4n) is 1.83. The molecule has 0 fully saturated rings. The fourth-order valence-corrected chi connectivity index (χ4v) is 1.83. The molecular formula is C15H24N2. The van der Waals surface area contributed by atoms with Crippen molar-refractivity contribution in [3.8, 4) is 0 Å². The molecule has 1 aromatic carbocycles. The van der Waals surface area contributed by atoms with Gasteiger partial charge in [-0.3, -0.25) is 0 Å². The third kappa shape index (κ3) is 4.72. The number of aryl methyl sites for hydroxylation is 1. The third-order valence-corrected chi connectivity index (χ3v) is 2.96. The lowest BCUT2D eigenvalue weighted by Gasteiger charge is -2.17. The Balaban J connectivity index is 2.53. The first-order valence-corrected chi connectivity index (χ1v) is 6.45. The normalized spacial score (nSPS) is 13.1. The molecule has 0 saturated heterocycles. The van der Waals surface area contributed by atoms with Gasteiger partial charge >= 0.3 is 0 Å². The fraction of sp³-hybridized carbons (Fsp3) is 0.467. The Morgan fingerprint density at radius 2 is 2.00 bits per heavy atom. The summed E-state index contributed by atoms with van der Waals surface area (Å²) in [5, 5.41) is 3.48. The molecule has 2 nitrogen and oxygen atoms in total. The van der Waals surface area contributed by atoms with Crippen LogP contribution in [0.3, 0.4) is 0 Å². The molecule has 0 aliphatic rings. The molecule has 94 valence electrons. The maximum atomic E-state index is 5.81. The molecule has 0 spiro atoms. The predicted octanol–water partition coefficient (Wildman–Crippen LogP) is 2.80. The summed E-state index contributed by atoms with van der Waals surface area (Å²) in [6.07, 6.45) is 6.39. The molecule has 0 aromatic heterocycles. The molecule has 1 aromatic rings. The summed E-state index contributed by atoms with van der Waals surface area (Å²) in [4.78, 5) is 0. The zero-order valence-corrected chi connectivity index (χ0v) is 10.9. The Hall–Kier alpha value is -1.12. The highest BCUT2D eigenvalue weighted by Crippen LogP contribution is 2.13. The van der Waals surface area contributed by atoms with Crippen LogP contribution in [0.15, 0.2) is 36.4 Å². The average Bonchev–Trinajstić information content (AvgIpc) is 2.39. The van der Waals surface area contributed by atoms with Gasteiger partial charge in [-0.15, -0.1) is 0 Å². The Bertz CT molecular complexity index is 327. The van der Waals surface area contributed by atoms with Gasteiger partial charge in [0.15, 0.2) is 0 Å². The zero-order chi connectivity index (χ0) is 12.5. The molecule has 3 N–H and O–H groups in total. The summed E-state index contributed by atoms with van der Waals surface area (Å²) in [7, 11) is 0. The Labute approximate surface area is 105 Å². The SMILES string of the molecule is C/C=C/CCNC(CN)c1ccc(CC)cc1. The number of benzene rings is 1. The first-order valence-electron chi connectivity index (χ1n) is 6.45. The maximum absolute atomic E-state index is 5.81. The van der Waals surface area contributed by atoms with E-state index in [1.165, 1.54) is 11.1 Å². The minimum atomic E-state index is 0.270. The summed E-state index contributed by atoms with van der Waals surface area (Å²) in [5.74, 6) is 0. The quantitative estimate of drug-likeness (QED) is 0.560. The van der Waals surface area contributed by atoms with E-state index in [1.807, 2.05) is 6.92 Å². The first-order chi connectivity index (χ1) is 8.31. The highest BCUT2D eigenvalue weighted by Gasteiger charge is 2.07. The van der Waals surface area contributed by atoms with E-state index < -0.39 is 0 Å². The lowest BCUT2D eigenvalue weighted by molar-refractivity contribution is 0.548. The molecule has 0 amide bonds. The van der Waals surface area contributed by atoms with Gasteiger partial charge in [-0.25, -0.2) is 0 Å². The molecule has 0 aliphatic carbocycles. The Morgan fingerprint density at radius 3 is 2.53 bits per heavy atom. The molecule has 0 bridgehead atoms. The van der Waals surface area contributed by atoms with Crippen molar-refractivity contribution >= 4 is 0 Å². The van der Waals surface area contributed by atoms with Crippen molar-refractivity contribution in [1.82, 2.24) is 5.32 Å². The zero-order valence-electron chi connectivity index (χ0n) is 10.9. The second-order valence-corrected chi connectivity index (χ2v) is 4.20. The van der Waals surface area contributed by atoms with E-state index in [0.29, 0.717) is 6.54 Å².